The largest absolute Gasteiger partial charge is 0.477 e. The standard InChI is InChI=1S/C19H24N2O3S/c1-21(2)12-5-3-4-6-13-24-19-16(8-7-11-20-19)18(23)17-10-9-15(14-22)25-17/h7-11,14H,3-6,12-13H2,1-2H3. The third-order valence-electron chi connectivity index (χ3n) is 3.72. The minimum atomic E-state index is -0.160. The number of pyridine rings is 1. The lowest BCUT2D eigenvalue weighted by Gasteiger charge is -2.10. The van der Waals surface area contributed by atoms with Crippen molar-refractivity contribution in [3.8, 4) is 5.88 Å². The van der Waals surface area contributed by atoms with Gasteiger partial charge in [-0.1, -0.05) is 12.8 Å². The number of nitrogens with zero attached hydrogens (tertiary/aromatic N) is 2. The first-order valence-electron chi connectivity index (χ1n) is 8.44. The zero-order valence-corrected chi connectivity index (χ0v) is 15.6. The molecule has 0 bridgehead atoms. The van der Waals surface area contributed by atoms with Crippen molar-refractivity contribution < 1.29 is 14.3 Å². The number of aldehydes is 1. The van der Waals surface area contributed by atoms with Crippen molar-refractivity contribution in [2.45, 2.75) is 25.7 Å². The molecule has 2 aromatic rings. The average molecular weight is 360 g/mol. The molecule has 0 aromatic carbocycles. The highest BCUT2D eigenvalue weighted by molar-refractivity contribution is 7.15. The second-order valence-corrected chi connectivity index (χ2v) is 7.19. The molecule has 0 spiro atoms. The highest BCUT2D eigenvalue weighted by atomic mass is 32.1. The first-order chi connectivity index (χ1) is 12.1. The number of carbonyl (C=O) groups excluding carboxylic acids is 2. The van der Waals surface area contributed by atoms with Gasteiger partial charge in [0.25, 0.3) is 0 Å². The first kappa shape index (κ1) is 19.3. The lowest BCUT2D eigenvalue weighted by molar-refractivity contribution is 0.103. The fourth-order valence-corrected chi connectivity index (χ4v) is 3.18. The second-order valence-electron chi connectivity index (χ2n) is 6.07. The molecule has 0 aliphatic heterocycles. The predicted octanol–water partition coefficient (Wildman–Crippen LogP) is 3.69. The van der Waals surface area contributed by atoms with Gasteiger partial charge in [0, 0.05) is 6.20 Å². The SMILES string of the molecule is CN(C)CCCCCCOc1ncccc1C(=O)c1ccc(C=O)s1. The maximum absolute atomic E-state index is 12.6. The molecule has 0 radical (unpaired) electrons. The maximum Gasteiger partial charge on any atom is 0.224 e. The lowest BCUT2D eigenvalue weighted by atomic mass is 10.1. The summed E-state index contributed by atoms with van der Waals surface area (Å²) in [5.41, 5.74) is 0.439. The molecule has 0 atom stereocenters. The number of rotatable bonds is 11. The Kier molecular flexibility index (Phi) is 7.76. The van der Waals surface area contributed by atoms with Crippen LogP contribution in [0.15, 0.2) is 30.5 Å². The highest BCUT2D eigenvalue weighted by Crippen LogP contribution is 2.23. The number of ketones is 1. The van der Waals surface area contributed by atoms with Gasteiger partial charge in [-0.2, -0.15) is 0 Å². The van der Waals surface area contributed by atoms with Crippen LogP contribution in [0.3, 0.4) is 0 Å². The Bertz CT molecular complexity index is 697. The number of aromatic nitrogens is 1. The third kappa shape index (κ3) is 6.07. The summed E-state index contributed by atoms with van der Waals surface area (Å²) in [6.07, 6.45) is 6.74. The topological polar surface area (TPSA) is 59.5 Å². The van der Waals surface area contributed by atoms with Crippen LogP contribution in [0.1, 0.15) is 50.6 Å². The molecular weight excluding hydrogens is 336 g/mol. The Labute approximate surface area is 152 Å². The van der Waals surface area contributed by atoms with Gasteiger partial charge in [0.15, 0.2) is 6.29 Å². The van der Waals surface area contributed by atoms with Gasteiger partial charge in [-0.25, -0.2) is 4.98 Å². The predicted molar refractivity (Wildman–Crippen MR) is 99.9 cm³/mol. The van der Waals surface area contributed by atoms with Crippen molar-refractivity contribution in [2.75, 3.05) is 27.2 Å². The van der Waals surface area contributed by atoms with Gasteiger partial charge in [-0.05, 0) is 57.7 Å². The molecule has 0 aliphatic rings. The van der Waals surface area contributed by atoms with Crippen molar-refractivity contribution in [3.63, 3.8) is 0 Å². The minimum Gasteiger partial charge on any atom is -0.477 e. The molecule has 2 rings (SSSR count). The van der Waals surface area contributed by atoms with Gasteiger partial charge >= 0.3 is 0 Å². The van der Waals surface area contributed by atoms with Crippen LogP contribution in [0.2, 0.25) is 0 Å². The van der Waals surface area contributed by atoms with Crippen LogP contribution in [-0.2, 0) is 0 Å². The summed E-state index contributed by atoms with van der Waals surface area (Å²) >= 11 is 1.18. The van der Waals surface area contributed by atoms with E-state index in [2.05, 4.69) is 24.0 Å². The van der Waals surface area contributed by atoms with Gasteiger partial charge < -0.3 is 9.64 Å². The average Bonchev–Trinajstić information content (AvgIpc) is 3.09. The van der Waals surface area contributed by atoms with Crippen LogP contribution in [-0.4, -0.2) is 49.2 Å². The summed E-state index contributed by atoms with van der Waals surface area (Å²) in [6, 6.07) is 6.74. The van der Waals surface area contributed by atoms with Crippen molar-refractivity contribution in [1.29, 1.82) is 0 Å². The molecule has 25 heavy (non-hydrogen) atoms. The smallest absolute Gasteiger partial charge is 0.224 e. The molecule has 0 unspecified atom stereocenters. The molecule has 0 saturated carbocycles. The molecule has 134 valence electrons. The van der Waals surface area contributed by atoms with Crippen LogP contribution in [0, 0.1) is 0 Å². The quantitative estimate of drug-likeness (QED) is 0.347. The number of unbranched alkanes of at least 4 members (excludes halogenated alkanes) is 3. The Hall–Kier alpha value is -2.05. The van der Waals surface area contributed by atoms with E-state index in [1.165, 1.54) is 24.2 Å². The van der Waals surface area contributed by atoms with Gasteiger partial charge in [-0.3, -0.25) is 9.59 Å². The van der Waals surface area contributed by atoms with E-state index in [1.54, 1.807) is 30.5 Å². The van der Waals surface area contributed by atoms with Crippen molar-refractivity contribution in [2.24, 2.45) is 0 Å². The van der Waals surface area contributed by atoms with Crippen LogP contribution in [0.4, 0.5) is 0 Å². The molecule has 0 N–H and O–H groups in total. The number of ether oxygens (including phenoxy) is 1. The number of thiophene rings is 1. The normalized spacial score (nSPS) is 10.8. The van der Waals surface area contributed by atoms with E-state index in [1.807, 2.05) is 0 Å². The molecule has 2 heterocycles. The summed E-state index contributed by atoms with van der Waals surface area (Å²) in [5, 5.41) is 0. The van der Waals surface area contributed by atoms with Crippen LogP contribution < -0.4 is 4.74 Å². The zero-order chi connectivity index (χ0) is 18.1. The lowest BCUT2D eigenvalue weighted by Crippen LogP contribution is -2.12. The Morgan fingerprint density at radius 2 is 2.00 bits per heavy atom. The monoisotopic (exact) mass is 360 g/mol. The van der Waals surface area contributed by atoms with Gasteiger partial charge in [0.05, 0.1) is 21.9 Å². The summed E-state index contributed by atoms with van der Waals surface area (Å²) in [4.78, 5) is 30.8. The minimum absolute atomic E-state index is 0.160. The van der Waals surface area contributed by atoms with E-state index in [4.69, 9.17) is 4.74 Å². The van der Waals surface area contributed by atoms with E-state index in [-0.39, 0.29) is 5.78 Å². The summed E-state index contributed by atoms with van der Waals surface area (Å²) in [6.45, 7) is 1.65. The summed E-state index contributed by atoms with van der Waals surface area (Å²) in [7, 11) is 4.16. The molecule has 0 saturated heterocycles. The van der Waals surface area contributed by atoms with E-state index in [0.717, 1.165) is 25.7 Å². The fraction of sp³-hybridized carbons (Fsp3) is 0.421. The molecule has 0 fully saturated rings. The van der Waals surface area contributed by atoms with Crippen molar-refractivity contribution in [3.05, 3.63) is 45.8 Å². The molecule has 0 aliphatic carbocycles. The van der Waals surface area contributed by atoms with E-state index >= 15 is 0 Å². The molecule has 6 heteroatoms. The third-order valence-corrected chi connectivity index (χ3v) is 4.73. The molecule has 0 amide bonds. The second kappa shape index (κ2) is 10.1. The van der Waals surface area contributed by atoms with Crippen LogP contribution in [0.25, 0.3) is 0 Å². The molecule has 2 aromatic heterocycles. The van der Waals surface area contributed by atoms with Crippen molar-refractivity contribution >= 4 is 23.4 Å². The fourth-order valence-electron chi connectivity index (χ4n) is 2.40. The first-order valence-corrected chi connectivity index (χ1v) is 9.25. The van der Waals surface area contributed by atoms with Gasteiger partial charge in [0.2, 0.25) is 11.7 Å². The maximum atomic E-state index is 12.6. The zero-order valence-electron chi connectivity index (χ0n) is 14.7. The Morgan fingerprint density at radius 1 is 1.20 bits per heavy atom. The Balaban J connectivity index is 1.87. The summed E-state index contributed by atoms with van der Waals surface area (Å²) < 4.78 is 5.73. The van der Waals surface area contributed by atoms with Gasteiger partial charge in [-0.15, -0.1) is 11.3 Å². The Morgan fingerprint density at radius 3 is 2.72 bits per heavy atom. The highest BCUT2D eigenvalue weighted by Gasteiger charge is 2.17. The number of hydrogen-bond acceptors (Lipinski definition) is 6. The molecule has 5 nitrogen and oxygen atoms in total. The van der Waals surface area contributed by atoms with E-state index < -0.39 is 0 Å². The van der Waals surface area contributed by atoms with Crippen LogP contribution >= 0.6 is 11.3 Å². The van der Waals surface area contributed by atoms with Crippen LogP contribution in [0.5, 0.6) is 5.88 Å². The number of hydrogen-bond donors (Lipinski definition) is 0. The van der Waals surface area contributed by atoms with E-state index in [0.29, 0.717) is 27.8 Å². The number of carbonyl (C=O) groups is 2. The summed E-state index contributed by atoms with van der Waals surface area (Å²) in [5.74, 6) is 0.203. The molecular formula is C19H24N2O3S. The van der Waals surface area contributed by atoms with Gasteiger partial charge in [0.1, 0.15) is 0 Å². The van der Waals surface area contributed by atoms with E-state index in [9.17, 15) is 9.59 Å². The van der Waals surface area contributed by atoms with Crippen molar-refractivity contribution in [1.82, 2.24) is 9.88 Å².